The van der Waals surface area contributed by atoms with Crippen LogP contribution in [0, 0.1) is 6.92 Å². The molecule has 0 radical (unpaired) electrons. The largest absolute Gasteiger partial charge is 0.494 e. The Hall–Kier alpha value is -2.56. The van der Waals surface area contributed by atoms with Crippen LogP contribution in [0.2, 0.25) is 0 Å². The van der Waals surface area contributed by atoms with Crippen LogP contribution in [0.25, 0.3) is 5.70 Å². The number of carbonyl (C=O) groups is 1. The molecule has 3 rings (SSSR count). The molecule has 5 heteroatoms. The Labute approximate surface area is 155 Å². The van der Waals surface area contributed by atoms with Gasteiger partial charge in [0, 0.05) is 18.2 Å². The minimum atomic E-state index is -0.478. The number of amides is 1. The Morgan fingerprint density at radius 1 is 1.27 bits per heavy atom. The molecule has 138 valence electrons. The summed E-state index contributed by atoms with van der Waals surface area (Å²) < 4.78 is 7.57. The van der Waals surface area contributed by atoms with E-state index in [-0.39, 0.29) is 5.91 Å². The molecule has 0 fully saturated rings. The van der Waals surface area contributed by atoms with E-state index in [1.165, 1.54) is 0 Å². The highest BCUT2D eigenvalue weighted by atomic mass is 16.5. The highest BCUT2D eigenvalue weighted by Gasteiger charge is 2.36. The Kier molecular flexibility index (Phi) is 5.16. The number of benzene rings is 1. The fourth-order valence-electron chi connectivity index (χ4n) is 3.23. The van der Waals surface area contributed by atoms with Gasteiger partial charge >= 0.3 is 0 Å². The summed E-state index contributed by atoms with van der Waals surface area (Å²) in [7, 11) is 0. The molecule has 1 amide bonds. The molecule has 0 saturated heterocycles. The quantitative estimate of drug-likeness (QED) is 0.798. The van der Waals surface area contributed by atoms with Crippen LogP contribution in [0.3, 0.4) is 0 Å². The summed E-state index contributed by atoms with van der Waals surface area (Å²) in [4.78, 5) is 12.6. The fourth-order valence-corrected chi connectivity index (χ4v) is 3.23. The van der Waals surface area contributed by atoms with Gasteiger partial charge in [-0.15, -0.1) is 0 Å². The molecule has 1 aromatic carbocycles. The summed E-state index contributed by atoms with van der Waals surface area (Å²) in [6, 6.07) is 8.03. The van der Waals surface area contributed by atoms with Gasteiger partial charge < -0.3 is 10.1 Å². The molecule has 1 atom stereocenters. The smallest absolute Gasteiger partial charge is 0.249 e. The van der Waals surface area contributed by atoms with E-state index in [1.54, 1.807) is 0 Å². The Balaban J connectivity index is 1.84. The molecule has 1 N–H and O–H groups in total. The standard InChI is InChI=1S/C21H27N3O2/c1-5-6-11-26-18-9-7-17(8-10-18)21(4)12-19(16(3)20(25)23-21)24-14-15(2)13-22-24/h7-10,13-14H,5-6,11-12H2,1-4H3,(H,23,25). The van der Waals surface area contributed by atoms with E-state index in [4.69, 9.17) is 4.74 Å². The van der Waals surface area contributed by atoms with Crippen molar-refractivity contribution in [3.8, 4) is 5.75 Å². The van der Waals surface area contributed by atoms with Crippen LogP contribution in [0.15, 0.2) is 42.2 Å². The molecule has 0 bridgehead atoms. The third kappa shape index (κ3) is 3.66. The molecular weight excluding hydrogens is 326 g/mol. The van der Waals surface area contributed by atoms with Gasteiger partial charge in [0.2, 0.25) is 5.91 Å². The first-order valence-corrected chi connectivity index (χ1v) is 9.20. The maximum atomic E-state index is 12.6. The first-order chi connectivity index (χ1) is 12.4. The maximum Gasteiger partial charge on any atom is 0.249 e. The lowest BCUT2D eigenvalue weighted by Crippen LogP contribution is -2.48. The molecule has 5 nitrogen and oxygen atoms in total. The van der Waals surface area contributed by atoms with Crippen molar-refractivity contribution in [3.63, 3.8) is 0 Å². The number of unbranched alkanes of at least 4 members (excludes halogenated alkanes) is 1. The number of hydrogen-bond donors (Lipinski definition) is 1. The number of hydrogen-bond acceptors (Lipinski definition) is 3. The van der Waals surface area contributed by atoms with Crippen LogP contribution >= 0.6 is 0 Å². The second-order valence-corrected chi connectivity index (χ2v) is 7.22. The van der Waals surface area contributed by atoms with Crippen LogP contribution in [-0.2, 0) is 10.3 Å². The van der Waals surface area contributed by atoms with Crippen molar-refractivity contribution in [3.05, 3.63) is 53.4 Å². The molecule has 0 spiro atoms. The number of rotatable bonds is 6. The van der Waals surface area contributed by atoms with Crippen molar-refractivity contribution >= 4 is 11.6 Å². The topological polar surface area (TPSA) is 56.2 Å². The number of aryl methyl sites for hydroxylation is 1. The van der Waals surface area contributed by atoms with Crippen LogP contribution < -0.4 is 10.1 Å². The van der Waals surface area contributed by atoms with E-state index >= 15 is 0 Å². The van der Waals surface area contributed by atoms with Crippen LogP contribution in [0.4, 0.5) is 0 Å². The average Bonchev–Trinajstić information content (AvgIpc) is 3.05. The molecule has 1 aliphatic heterocycles. The van der Waals surface area contributed by atoms with Crippen LogP contribution in [0.1, 0.15) is 51.2 Å². The van der Waals surface area contributed by atoms with Crippen molar-refractivity contribution in [2.24, 2.45) is 0 Å². The van der Waals surface area contributed by atoms with Gasteiger partial charge in [-0.05, 0) is 50.5 Å². The first kappa shape index (κ1) is 18.2. The number of nitrogens with one attached hydrogen (secondary N) is 1. The molecule has 1 aliphatic rings. The Morgan fingerprint density at radius 3 is 2.62 bits per heavy atom. The van der Waals surface area contributed by atoms with E-state index in [2.05, 4.69) is 24.3 Å². The lowest BCUT2D eigenvalue weighted by Gasteiger charge is -2.37. The van der Waals surface area contributed by atoms with Crippen molar-refractivity contribution in [2.75, 3.05) is 6.61 Å². The van der Waals surface area contributed by atoms with Gasteiger partial charge in [0.05, 0.1) is 24.0 Å². The molecule has 1 aromatic heterocycles. The molecule has 26 heavy (non-hydrogen) atoms. The Bertz CT molecular complexity index is 820. The zero-order valence-corrected chi connectivity index (χ0v) is 16.0. The van der Waals surface area contributed by atoms with Crippen molar-refractivity contribution in [2.45, 2.75) is 52.5 Å². The van der Waals surface area contributed by atoms with Gasteiger partial charge in [-0.2, -0.15) is 5.10 Å². The second kappa shape index (κ2) is 7.36. The zero-order valence-electron chi connectivity index (χ0n) is 16.0. The zero-order chi connectivity index (χ0) is 18.7. The molecule has 0 saturated carbocycles. The lowest BCUT2D eigenvalue weighted by molar-refractivity contribution is -0.119. The minimum absolute atomic E-state index is 0.0508. The summed E-state index contributed by atoms with van der Waals surface area (Å²) in [5.74, 6) is 0.813. The number of aromatic nitrogens is 2. The van der Waals surface area contributed by atoms with E-state index < -0.39 is 5.54 Å². The summed E-state index contributed by atoms with van der Waals surface area (Å²) in [6.45, 7) is 8.78. The maximum absolute atomic E-state index is 12.6. The minimum Gasteiger partial charge on any atom is -0.494 e. The summed E-state index contributed by atoms with van der Waals surface area (Å²) in [5.41, 5.74) is 3.31. The normalized spacial score (nSPS) is 20.2. The monoisotopic (exact) mass is 353 g/mol. The third-order valence-corrected chi connectivity index (χ3v) is 4.93. The highest BCUT2D eigenvalue weighted by Crippen LogP contribution is 2.36. The van der Waals surface area contributed by atoms with Gasteiger partial charge in [0.1, 0.15) is 5.75 Å². The number of ether oxygens (including phenoxy) is 1. The van der Waals surface area contributed by atoms with Crippen LogP contribution in [0.5, 0.6) is 5.75 Å². The average molecular weight is 353 g/mol. The van der Waals surface area contributed by atoms with Gasteiger partial charge in [-0.3, -0.25) is 4.79 Å². The first-order valence-electron chi connectivity index (χ1n) is 9.20. The van der Waals surface area contributed by atoms with E-state index in [0.717, 1.165) is 42.0 Å². The molecule has 1 unspecified atom stereocenters. The molecule has 2 aromatic rings. The summed E-state index contributed by atoms with van der Waals surface area (Å²) in [5, 5.41) is 7.56. The number of nitrogens with zero attached hydrogens (tertiary/aromatic N) is 2. The van der Waals surface area contributed by atoms with Crippen LogP contribution in [-0.4, -0.2) is 22.3 Å². The fraction of sp³-hybridized carbons (Fsp3) is 0.429. The molecular formula is C21H27N3O2. The van der Waals surface area contributed by atoms with Crippen molar-refractivity contribution in [1.82, 2.24) is 15.1 Å². The molecule has 0 aliphatic carbocycles. The van der Waals surface area contributed by atoms with E-state index in [9.17, 15) is 4.79 Å². The highest BCUT2D eigenvalue weighted by molar-refractivity contribution is 6.00. The van der Waals surface area contributed by atoms with Gasteiger partial charge in [-0.1, -0.05) is 25.5 Å². The van der Waals surface area contributed by atoms with Gasteiger partial charge in [-0.25, -0.2) is 4.68 Å². The molecule has 2 heterocycles. The predicted octanol–water partition coefficient (Wildman–Crippen LogP) is 4.04. The Morgan fingerprint density at radius 2 is 2.00 bits per heavy atom. The van der Waals surface area contributed by atoms with Gasteiger partial charge in [0.25, 0.3) is 0 Å². The summed E-state index contributed by atoms with van der Waals surface area (Å²) >= 11 is 0. The third-order valence-electron chi connectivity index (χ3n) is 4.93. The van der Waals surface area contributed by atoms with Gasteiger partial charge in [0.15, 0.2) is 0 Å². The SMILES string of the molecule is CCCCOc1ccc(C2(C)CC(n3cc(C)cn3)=C(C)C(=O)N2)cc1. The lowest BCUT2D eigenvalue weighted by atomic mass is 9.83. The van der Waals surface area contributed by atoms with E-state index in [1.807, 2.05) is 55.2 Å². The second-order valence-electron chi connectivity index (χ2n) is 7.22. The summed E-state index contributed by atoms with van der Waals surface area (Å²) in [6.07, 6.45) is 6.62. The van der Waals surface area contributed by atoms with E-state index in [0.29, 0.717) is 12.0 Å². The number of carbonyl (C=O) groups excluding carboxylic acids is 1. The van der Waals surface area contributed by atoms with Crippen molar-refractivity contribution < 1.29 is 9.53 Å². The predicted molar refractivity (Wildman–Crippen MR) is 103 cm³/mol. The van der Waals surface area contributed by atoms with Crippen molar-refractivity contribution in [1.29, 1.82) is 0 Å².